The monoisotopic (exact) mass is 413 g/mol. The number of nitrogens with zero attached hydrogens (tertiary/aromatic N) is 1. The Hall–Kier alpha value is -2.44. The summed E-state index contributed by atoms with van der Waals surface area (Å²) in [6, 6.07) is 13.1. The van der Waals surface area contributed by atoms with Crippen LogP contribution in [-0.4, -0.2) is 34.5 Å². The number of aromatic amines is 1. The first kappa shape index (κ1) is 18.9. The Labute approximate surface area is 172 Å². The van der Waals surface area contributed by atoms with Gasteiger partial charge < -0.3 is 15.0 Å². The molecular formula is C21H20ClN3O2S. The molecule has 0 fully saturated rings. The van der Waals surface area contributed by atoms with Crippen LogP contribution in [0.5, 0.6) is 5.75 Å². The van der Waals surface area contributed by atoms with Crippen LogP contribution in [0.25, 0.3) is 17.1 Å². The minimum atomic E-state index is -0.200. The van der Waals surface area contributed by atoms with Crippen molar-refractivity contribution in [2.75, 3.05) is 18.6 Å². The van der Waals surface area contributed by atoms with Gasteiger partial charge in [-0.3, -0.25) is 4.79 Å². The molecule has 3 aromatic rings. The third-order valence-electron chi connectivity index (χ3n) is 4.63. The zero-order chi connectivity index (χ0) is 19.5. The second kappa shape index (κ2) is 8.29. The molecule has 1 unspecified atom stereocenters. The minimum Gasteiger partial charge on any atom is -0.488 e. The average molecular weight is 414 g/mol. The highest BCUT2D eigenvalue weighted by atomic mass is 35.5. The third kappa shape index (κ3) is 4.03. The lowest BCUT2D eigenvalue weighted by atomic mass is 10.1. The van der Waals surface area contributed by atoms with Gasteiger partial charge in [-0.25, -0.2) is 4.98 Å². The van der Waals surface area contributed by atoms with Gasteiger partial charge in [0.25, 0.3) is 5.91 Å². The van der Waals surface area contributed by atoms with Gasteiger partial charge in [0.1, 0.15) is 18.2 Å². The van der Waals surface area contributed by atoms with E-state index in [9.17, 15) is 4.79 Å². The van der Waals surface area contributed by atoms with E-state index in [1.165, 1.54) is 0 Å². The van der Waals surface area contributed by atoms with E-state index in [-0.39, 0.29) is 18.6 Å². The molecule has 1 amide bonds. The zero-order valence-electron chi connectivity index (χ0n) is 15.4. The molecule has 2 aromatic carbocycles. The van der Waals surface area contributed by atoms with Gasteiger partial charge in [-0.15, -0.1) is 0 Å². The molecule has 2 N–H and O–H groups in total. The van der Waals surface area contributed by atoms with Crippen molar-refractivity contribution >= 4 is 46.4 Å². The maximum atomic E-state index is 12.9. The second-order valence-electron chi connectivity index (χ2n) is 6.59. The number of hydrogen-bond acceptors (Lipinski definition) is 4. The number of halogens is 1. The largest absolute Gasteiger partial charge is 0.488 e. The molecule has 7 heteroatoms. The van der Waals surface area contributed by atoms with Gasteiger partial charge in [0, 0.05) is 10.6 Å². The van der Waals surface area contributed by atoms with Crippen molar-refractivity contribution < 1.29 is 9.53 Å². The lowest BCUT2D eigenvalue weighted by Crippen LogP contribution is -2.33. The third-order valence-corrected chi connectivity index (χ3v) is 5.51. The van der Waals surface area contributed by atoms with Crippen LogP contribution in [0.1, 0.15) is 23.9 Å². The molecule has 144 valence electrons. The van der Waals surface area contributed by atoms with Gasteiger partial charge >= 0.3 is 0 Å². The van der Waals surface area contributed by atoms with E-state index >= 15 is 0 Å². The number of carbonyl (C=O) groups excluding carboxylic acids is 1. The van der Waals surface area contributed by atoms with Crippen molar-refractivity contribution in [3.8, 4) is 5.75 Å². The highest BCUT2D eigenvalue weighted by Crippen LogP contribution is 2.29. The number of para-hydroxylation sites is 2. The van der Waals surface area contributed by atoms with Crippen molar-refractivity contribution in [1.82, 2.24) is 15.3 Å². The summed E-state index contributed by atoms with van der Waals surface area (Å²) in [5.41, 5.74) is 3.24. The lowest BCUT2D eigenvalue weighted by Gasteiger charge is -2.21. The van der Waals surface area contributed by atoms with Crippen LogP contribution in [0.3, 0.4) is 0 Å². The molecule has 1 aliphatic rings. The first-order chi connectivity index (χ1) is 13.6. The van der Waals surface area contributed by atoms with E-state index in [1.807, 2.05) is 36.4 Å². The predicted octanol–water partition coefficient (Wildman–Crippen LogP) is 4.60. The van der Waals surface area contributed by atoms with E-state index < -0.39 is 0 Å². The Bertz CT molecular complexity index is 1010. The van der Waals surface area contributed by atoms with Crippen LogP contribution in [0.2, 0.25) is 5.02 Å². The number of ether oxygens (including phenoxy) is 1. The fraction of sp³-hybridized carbons (Fsp3) is 0.238. The summed E-state index contributed by atoms with van der Waals surface area (Å²) in [6.45, 7) is 0.232. The second-order valence-corrected chi connectivity index (χ2v) is 8.01. The summed E-state index contributed by atoms with van der Waals surface area (Å²) in [5, 5.41) is 3.73. The number of nitrogens with one attached hydrogen (secondary N) is 2. The standard InChI is InChI=1S/C21H20ClN3O2S/c1-28-9-8-18(20-23-16-4-2-3-5-17(16)24-20)25-21(26)14-10-13-11-15(22)6-7-19(13)27-12-14/h2-7,10-11,18H,8-9,12H2,1H3,(H,23,24)(H,25,26). The van der Waals surface area contributed by atoms with Crippen LogP contribution in [-0.2, 0) is 4.79 Å². The van der Waals surface area contributed by atoms with Crippen LogP contribution in [0.4, 0.5) is 0 Å². The molecule has 1 atom stereocenters. The summed E-state index contributed by atoms with van der Waals surface area (Å²) in [5.74, 6) is 2.26. The normalized spacial score (nSPS) is 14.1. The van der Waals surface area contributed by atoms with Gasteiger partial charge in [0.05, 0.1) is 22.6 Å². The van der Waals surface area contributed by atoms with Crippen molar-refractivity contribution in [3.05, 3.63) is 64.4 Å². The smallest absolute Gasteiger partial charge is 0.251 e. The first-order valence-corrected chi connectivity index (χ1v) is 10.8. The molecule has 5 nitrogen and oxygen atoms in total. The minimum absolute atomic E-state index is 0.155. The molecule has 1 aromatic heterocycles. The van der Waals surface area contributed by atoms with Gasteiger partial charge in [0.15, 0.2) is 0 Å². The Kier molecular flexibility index (Phi) is 5.59. The fourth-order valence-corrected chi connectivity index (χ4v) is 3.83. The fourth-order valence-electron chi connectivity index (χ4n) is 3.18. The summed E-state index contributed by atoms with van der Waals surface area (Å²) in [4.78, 5) is 20.9. The molecular weight excluding hydrogens is 394 g/mol. The molecule has 1 aliphatic heterocycles. The quantitative estimate of drug-likeness (QED) is 0.619. The lowest BCUT2D eigenvalue weighted by molar-refractivity contribution is -0.118. The SMILES string of the molecule is CSCCC(NC(=O)C1=Cc2cc(Cl)ccc2OC1)c1nc2ccccc2[nH]1. The number of thioether (sulfide) groups is 1. The number of rotatable bonds is 6. The highest BCUT2D eigenvalue weighted by Gasteiger charge is 2.23. The molecule has 0 saturated carbocycles. The van der Waals surface area contributed by atoms with E-state index in [4.69, 9.17) is 16.3 Å². The van der Waals surface area contributed by atoms with E-state index in [0.717, 1.165) is 40.3 Å². The molecule has 0 radical (unpaired) electrons. The number of hydrogen-bond donors (Lipinski definition) is 2. The van der Waals surface area contributed by atoms with Gasteiger partial charge in [-0.05, 0) is 54.8 Å². The molecule has 0 bridgehead atoms. The van der Waals surface area contributed by atoms with Gasteiger partial charge in [-0.2, -0.15) is 11.8 Å². The highest BCUT2D eigenvalue weighted by molar-refractivity contribution is 7.98. The topological polar surface area (TPSA) is 67.0 Å². The van der Waals surface area contributed by atoms with Crippen molar-refractivity contribution in [3.63, 3.8) is 0 Å². The summed E-state index contributed by atoms with van der Waals surface area (Å²) in [7, 11) is 0. The molecule has 4 rings (SSSR count). The zero-order valence-corrected chi connectivity index (χ0v) is 16.9. The first-order valence-electron chi connectivity index (χ1n) is 9.01. The number of fused-ring (bicyclic) bond motifs is 2. The van der Waals surface area contributed by atoms with Crippen LogP contribution in [0, 0.1) is 0 Å². The number of benzene rings is 2. The van der Waals surface area contributed by atoms with Crippen LogP contribution >= 0.6 is 23.4 Å². The summed E-state index contributed by atoms with van der Waals surface area (Å²) in [6.07, 6.45) is 4.67. The Balaban J connectivity index is 1.57. The van der Waals surface area contributed by atoms with E-state index in [1.54, 1.807) is 23.9 Å². The van der Waals surface area contributed by atoms with Crippen molar-refractivity contribution in [2.45, 2.75) is 12.5 Å². The Morgan fingerprint density at radius 1 is 1.36 bits per heavy atom. The Morgan fingerprint density at radius 3 is 3.04 bits per heavy atom. The number of aromatic nitrogens is 2. The Morgan fingerprint density at radius 2 is 2.21 bits per heavy atom. The van der Waals surface area contributed by atoms with Crippen LogP contribution in [0.15, 0.2) is 48.0 Å². The number of carbonyl (C=O) groups is 1. The summed E-state index contributed by atoms with van der Waals surface area (Å²) >= 11 is 7.80. The molecule has 2 heterocycles. The summed E-state index contributed by atoms with van der Waals surface area (Å²) < 4.78 is 5.71. The predicted molar refractivity (Wildman–Crippen MR) is 115 cm³/mol. The molecule has 0 spiro atoms. The number of H-pyrrole nitrogens is 1. The maximum Gasteiger partial charge on any atom is 0.251 e. The van der Waals surface area contributed by atoms with Crippen molar-refractivity contribution in [1.29, 1.82) is 0 Å². The van der Waals surface area contributed by atoms with Crippen LogP contribution < -0.4 is 10.1 Å². The van der Waals surface area contributed by atoms with Crippen molar-refractivity contribution in [2.24, 2.45) is 0 Å². The molecule has 0 saturated heterocycles. The van der Waals surface area contributed by atoms with Gasteiger partial charge in [-0.1, -0.05) is 23.7 Å². The number of imidazole rings is 1. The molecule has 0 aliphatic carbocycles. The van der Waals surface area contributed by atoms with E-state index in [0.29, 0.717) is 10.6 Å². The number of amides is 1. The molecule has 28 heavy (non-hydrogen) atoms. The van der Waals surface area contributed by atoms with E-state index in [2.05, 4.69) is 21.5 Å². The van der Waals surface area contributed by atoms with Gasteiger partial charge in [0.2, 0.25) is 0 Å². The maximum absolute atomic E-state index is 12.9. The average Bonchev–Trinajstić information content (AvgIpc) is 3.14.